The summed E-state index contributed by atoms with van der Waals surface area (Å²) in [6, 6.07) is 0.568. The number of anilines is 1. The Kier molecular flexibility index (Phi) is 3.04. The molecule has 96 valence electrons. The van der Waals surface area contributed by atoms with E-state index in [0.717, 1.165) is 25.0 Å². The molecule has 2 N–H and O–H groups in total. The van der Waals surface area contributed by atoms with Gasteiger partial charge in [0.25, 0.3) is 0 Å². The fourth-order valence-electron chi connectivity index (χ4n) is 3.19. The minimum absolute atomic E-state index is 0.397. The van der Waals surface area contributed by atoms with E-state index >= 15 is 0 Å². The Morgan fingerprint density at radius 1 is 1.50 bits per heavy atom. The van der Waals surface area contributed by atoms with E-state index in [2.05, 4.69) is 27.9 Å². The zero-order valence-electron chi connectivity index (χ0n) is 10.9. The van der Waals surface area contributed by atoms with Crippen LogP contribution in [0.15, 0.2) is 12.3 Å². The van der Waals surface area contributed by atoms with Gasteiger partial charge in [0.05, 0.1) is 5.69 Å². The summed E-state index contributed by atoms with van der Waals surface area (Å²) in [6.07, 6.45) is 8.81. The molecule has 0 saturated carbocycles. The van der Waals surface area contributed by atoms with E-state index in [0.29, 0.717) is 12.0 Å². The lowest BCUT2D eigenvalue weighted by Gasteiger charge is -2.39. The first-order valence-electron chi connectivity index (χ1n) is 6.85. The van der Waals surface area contributed by atoms with Crippen molar-refractivity contribution in [2.45, 2.75) is 38.6 Å². The minimum atomic E-state index is 0.397. The Bertz CT molecular complexity index is 481. The molecule has 0 aromatic carbocycles. The summed E-state index contributed by atoms with van der Waals surface area (Å²) in [6.45, 7) is 4.62. The van der Waals surface area contributed by atoms with Gasteiger partial charge in [0.15, 0.2) is 0 Å². The summed E-state index contributed by atoms with van der Waals surface area (Å²) in [5.74, 6) is 0.397. The maximum atomic E-state index is 5.67. The van der Waals surface area contributed by atoms with Gasteiger partial charge in [-0.1, -0.05) is 13.0 Å². The summed E-state index contributed by atoms with van der Waals surface area (Å²) in [7, 11) is 0. The van der Waals surface area contributed by atoms with Crippen LogP contribution in [0.25, 0.3) is 5.57 Å². The molecule has 1 unspecified atom stereocenters. The molecule has 1 atom stereocenters. The van der Waals surface area contributed by atoms with Crippen LogP contribution in [-0.4, -0.2) is 34.0 Å². The van der Waals surface area contributed by atoms with E-state index in [1.165, 1.54) is 30.6 Å². The van der Waals surface area contributed by atoms with Gasteiger partial charge in [-0.3, -0.25) is 4.90 Å². The number of hydrogen-bond acceptors (Lipinski definition) is 4. The Morgan fingerprint density at radius 3 is 3.22 bits per heavy atom. The predicted octanol–water partition coefficient (Wildman–Crippen LogP) is 1.87. The van der Waals surface area contributed by atoms with Gasteiger partial charge >= 0.3 is 0 Å². The molecule has 0 bridgehead atoms. The van der Waals surface area contributed by atoms with Gasteiger partial charge in [0.1, 0.15) is 0 Å². The molecule has 0 fully saturated rings. The second-order valence-electron chi connectivity index (χ2n) is 5.13. The number of hydrogen-bond donors (Lipinski definition) is 1. The van der Waals surface area contributed by atoms with Gasteiger partial charge in [-0.2, -0.15) is 0 Å². The van der Waals surface area contributed by atoms with Crippen LogP contribution in [0.1, 0.15) is 37.4 Å². The average molecular weight is 244 g/mol. The summed E-state index contributed by atoms with van der Waals surface area (Å²) in [5.41, 5.74) is 9.45. The monoisotopic (exact) mass is 244 g/mol. The number of nitrogens with two attached hydrogens (primary N) is 1. The van der Waals surface area contributed by atoms with Crippen molar-refractivity contribution in [2.75, 3.05) is 18.8 Å². The molecule has 0 radical (unpaired) electrons. The first-order chi connectivity index (χ1) is 8.79. The second-order valence-corrected chi connectivity index (χ2v) is 5.13. The first kappa shape index (κ1) is 11.7. The van der Waals surface area contributed by atoms with Gasteiger partial charge < -0.3 is 5.73 Å². The van der Waals surface area contributed by atoms with Gasteiger partial charge in [-0.15, -0.1) is 0 Å². The Hall–Kier alpha value is -1.42. The summed E-state index contributed by atoms with van der Waals surface area (Å²) in [4.78, 5) is 11.2. The van der Waals surface area contributed by atoms with Gasteiger partial charge in [0.2, 0.25) is 5.95 Å². The van der Waals surface area contributed by atoms with Crippen molar-refractivity contribution in [3.63, 3.8) is 0 Å². The lowest BCUT2D eigenvalue weighted by molar-refractivity contribution is 0.219. The fraction of sp³-hybridized carbons (Fsp3) is 0.571. The highest BCUT2D eigenvalue weighted by Gasteiger charge is 2.31. The van der Waals surface area contributed by atoms with E-state index in [-0.39, 0.29) is 0 Å². The number of rotatable bonds is 2. The number of aromatic nitrogens is 2. The maximum absolute atomic E-state index is 5.67. The normalized spacial score (nSPS) is 23.2. The maximum Gasteiger partial charge on any atom is 0.220 e. The molecule has 0 saturated heterocycles. The Morgan fingerprint density at radius 2 is 2.39 bits per heavy atom. The van der Waals surface area contributed by atoms with Gasteiger partial charge in [-0.05, 0) is 37.8 Å². The highest BCUT2D eigenvalue weighted by atomic mass is 15.2. The molecule has 1 aliphatic carbocycles. The zero-order chi connectivity index (χ0) is 12.5. The number of fused-ring (bicyclic) bond motifs is 3. The molecule has 1 aliphatic heterocycles. The molecule has 2 heterocycles. The molecule has 2 aliphatic rings. The largest absolute Gasteiger partial charge is 0.368 e. The predicted molar refractivity (Wildman–Crippen MR) is 73.0 cm³/mol. The van der Waals surface area contributed by atoms with Crippen molar-refractivity contribution in [3.8, 4) is 0 Å². The smallest absolute Gasteiger partial charge is 0.220 e. The third-order valence-electron chi connectivity index (χ3n) is 3.94. The first-order valence-corrected chi connectivity index (χ1v) is 6.85. The summed E-state index contributed by atoms with van der Waals surface area (Å²) in [5, 5.41) is 0. The highest BCUT2D eigenvalue weighted by Crippen LogP contribution is 2.35. The van der Waals surface area contributed by atoms with Crippen LogP contribution in [0.2, 0.25) is 0 Å². The summed E-state index contributed by atoms with van der Waals surface area (Å²) < 4.78 is 0. The van der Waals surface area contributed by atoms with Crippen molar-refractivity contribution < 1.29 is 0 Å². The fourth-order valence-corrected chi connectivity index (χ4v) is 3.19. The highest BCUT2D eigenvalue weighted by molar-refractivity contribution is 5.73. The van der Waals surface area contributed by atoms with Crippen LogP contribution in [0.5, 0.6) is 0 Å². The standard InChI is InChI=1S/C14H20N4/c1-2-7-18-8-3-4-10-11-9-16-14(15)17-12(11)5-6-13(10)18/h4,9,13H,2-3,5-8H2,1H3,(H2,15,16,17). The third kappa shape index (κ3) is 1.90. The minimum Gasteiger partial charge on any atom is -0.368 e. The van der Waals surface area contributed by atoms with Crippen LogP contribution in [0.3, 0.4) is 0 Å². The lowest BCUT2D eigenvalue weighted by Crippen LogP contribution is -2.42. The SMILES string of the molecule is CCCN1CCC=C2c3cnc(N)nc3CCC21. The van der Waals surface area contributed by atoms with E-state index in [9.17, 15) is 0 Å². The van der Waals surface area contributed by atoms with Crippen molar-refractivity contribution in [3.05, 3.63) is 23.5 Å². The number of nitrogen functional groups attached to an aromatic ring is 1. The van der Waals surface area contributed by atoms with Crippen LogP contribution in [0, 0.1) is 0 Å². The molecule has 4 nitrogen and oxygen atoms in total. The van der Waals surface area contributed by atoms with Crippen molar-refractivity contribution >= 4 is 11.5 Å². The second kappa shape index (κ2) is 4.69. The van der Waals surface area contributed by atoms with E-state index in [1.807, 2.05) is 6.20 Å². The molecule has 0 spiro atoms. The molecular formula is C14H20N4. The summed E-state index contributed by atoms with van der Waals surface area (Å²) >= 11 is 0. The van der Waals surface area contributed by atoms with Crippen molar-refractivity contribution in [2.24, 2.45) is 0 Å². The molecular weight excluding hydrogens is 224 g/mol. The number of aryl methyl sites for hydroxylation is 1. The lowest BCUT2D eigenvalue weighted by atomic mass is 9.84. The van der Waals surface area contributed by atoms with Crippen LogP contribution in [-0.2, 0) is 6.42 Å². The van der Waals surface area contributed by atoms with E-state index < -0.39 is 0 Å². The van der Waals surface area contributed by atoms with E-state index in [1.54, 1.807) is 0 Å². The van der Waals surface area contributed by atoms with Gasteiger partial charge in [0, 0.05) is 24.3 Å². The van der Waals surface area contributed by atoms with Crippen LogP contribution >= 0.6 is 0 Å². The Labute approximate surface area is 108 Å². The quantitative estimate of drug-likeness (QED) is 0.863. The zero-order valence-corrected chi connectivity index (χ0v) is 10.9. The molecule has 0 amide bonds. The molecule has 1 aromatic heterocycles. The third-order valence-corrected chi connectivity index (χ3v) is 3.94. The van der Waals surface area contributed by atoms with Gasteiger partial charge in [-0.25, -0.2) is 9.97 Å². The van der Waals surface area contributed by atoms with Crippen molar-refractivity contribution in [1.29, 1.82) is 0 Å². The van der Waals surface area contributed by atoms with Crippen LogP contribution in [0.4, 0.5) is 5.95 Å². The molecule has 1 aromatic rings. The average Bonchev–Trinajstić information content (AvgIpc) is 2.38. The topological polar surface area (TPSA) is 55.0 Å². The molecule has 3 rings (SSSR count). The van der Waals surface area contributed by atoms with Crippen molar-refractivity contribution in [1.82, 2.24) is 14.9 Å². The molecule has 18 heavy (non-hydrogen) atoms. The van der Waals surface area contributed by atoms with Crippen LogP contribution < -0.4 is 5.73 Å². The Balaban J connectivity index is 1.96. The van der Waals surface area contributed by atoms with E-state index in [4.69, 9.17) is 5.73 Å². The molecule has 4 heteroatoms. The number of nitrogens with zero attached hydrogens (tertiary/aromatic N) is 3.